The molecular formula is C20H29N3O3. The lowest BCUT2D eigenvalue weighted by molar-refractivity contribution is -0.131. The van der Waals surface area contributed by atoms with E-state index in [-0.39, 0.29) is 36.1 Å². The van der Waals surface area contributed by atoms with Crippen molar-refractivity contribution in [2.24, 2.45) is 0 Å². The van der Waals surface area contributed by atoms with Crippen LogP contribution in [-0.4, -0.2) is 54.7 Å². The molecule has 6 nitrogen and oxygen atoms in total. The predicted molar refractivity (Wildman–Crippen MR) is 101 cm³/mol. The smallest absolute Gasteiger partial charge is 0.251 e. The molecular weight excluding hydrogens is 330 g/mol. The molecule has 1 saturated heterocycles. The Kier molecular flexibility index (Phi) is 7.33. The first kappa shape index (κ1) is 20.1. The topological polar surface area (TPSA) is 78.5 Å². The summed E-state index contributed by atoms with van der Waals surface area (Å²) in [5.41, 5.74) is 1.61. The van der Waals surface area contributed by atoms with Gasteiger partial charge in [-0.05, 0) is 37.5 Å². The van der Waals surface area contributed by atoms with Gasteiger partial charge in [0.2, 0.25) is 5.91 Å². The van der Waals surface area contributed by atoms with Gasteiger partial charge in [0.05, 0.1) is 13.1 Å². The molecule has 1 fully saturated rings. The molecule has 0 aliphatic carbocycles. The van der Waals surface area contributed by atoms with E-state index in [1.807, 2.05) is 36.9 Å². The number of carbonyl (C=O) groups excluding carboxylic acids is 3. The lowest BCUT2D eigenvalue weighted by atomic mass is 9.89. The molecule has 0 bridgehead atoms. The van der Waals surface area contributed by atoms with Gasteiger partial charge >= 0.3 is 0 Å². The lowest BCUT2D eigenvalue weighted by Gasteiger charge is -2.33. The molecule has 0 saturated carbocycles. The molecule has 1 atom stereocenters. The summed E-state index contributed by atoms with van der Waals surface area (Å²) in [6.45, 7) is 7.35. The maximum atomic E-state index is 12.4. The fourth-order valence-corrected chi connectivity index (χ4v) is 3.12. The van der Waals surface area contributed by atoms with Crippen LogP contribution >= 0.6 is 0 Å². The second kappa shape index (κ2) is 9.48. The highest BCUT2D eigenvalue weighted by Gasteiger charge is 2.25. The number of benzene rings is 1. The molecule has 1 aromatic rings. The van der Waals surface area contributed by atoms with Crippen LogP contribution in [0.15, 0.2) is 24.3 Å². The van der Waals surface area contributed by atoms with Gasteiger partial charge in [0, 0.05) is 30.6 Å². The molecule has 1 aliphatic rings. The maximum Gasteiger partial charge on any atom is 0.251 e. The van der Waals surface area contributed by atoms with E-state index < -0.39 is 0 Å². The molecule has 26 heavy (non-hydrogen) atoms. The molecule has 1 aromatic carbocycles. The molecule has 0 spiro atoms. The monoisotopic (exact) mass is 359 g/mol. The minimum absolute atomic E-state index is 0.0393. The number of hydrogen-bond acceptors (Lipinski definition) is 4. The standard InChI is InChI=1S/C20H29N3O3/c1-14(2)21-12-19(25)23-9-5-8-18(13-23)16-6-4-7-17(10-16)20(26)22-11-15(3)24/h4,6-7,10,14,18,21H,5,8-9,11-13H2,1-3H3,(H,22,26). The number of likely N-dealkylation sites (tertiary alicyclic amines) is 1. The summed E-state index contributed by atoms with van der Waals surface area (Å²) in [6, 6.07) is 7.77. The van der Waals surface area contributed by atoms with E-state index in [0.29, 0.717) is 18.7 Å². The number of Topliss-reactive ketones (excluding diaryl/α,β-unsaturated/α-hetero) is 1. The van der Waals surface area contributed by atoms with Crippen LogP contribution in [0.1, 0.15) is 55.5 Å². The Morgan fingerprint density at radius 1 is 1.23 bits per heavy atom. The lowest BCUT2D eigenvalue weighted by Crippen LogP contribution is -2.44. The van der Waals surface area contributed by atoms with Gasteiger partial charge < -0.3 is 15.5 Å². The van der Waals surface area contributed by atoms with Crippen LogP contribution in [0.4, 0.5) is 0 Å². The summed E-state index contributed by atoms with van der Waals surface area (Å²) >= 11 is 0. The fraction of sp³-hybridized carbons (Fsp3) is 0.550. The van der Waals surface area contributed by atoms with E-state index in [1.165, 1.54) is 6.92 Å². The van der Waals surface area contributed by atoms with Gasteiger partial charge in [0.15, 0.2) is 0 Å². The normalized spacial score (nSPS) is 17.2. The van der Waals surface area contributed by atoms with Crippen molar-refractivity contribution in [1.82, 2.24) is 15.5 Å². The molecule has 142 valence electrons. The Morgan fingerprint density at radius 2 is 2.00 bits per heavy atom. The van der Waals surface area contributed by atoms with Crippen LogP contribution in [-0.2, 0) is 9.59 Å². The number of carbonyl (C=O) groups is 3. The molecule has 6 heteroatoms. The molecule has 0 aromatic heterocycles. The highest BCUT2D eigenvalue weighted by atomic mass is 16.2. The highest BCUT2D eigenvalue weighted by molar-refractivity contribution is 5.96. The zero-order valence-corrected chi connectivity index (χ0v) is 15.9. The van der Waals surface area contributed by atoms with Gasteiger partial charge in [0.1, 0.15) is 5.78 Å². The molecule has 0 radical (unpaired) electrons. The second-order valence-electron chi connectivity index (χ2n) is 7.22. The quantitative estimate of drug-likeness (QED) is 0.777. The number of nitrogens with zero attached hydrogens (tertiary/aromatic N) is 1. The second-order valence-corrected chi connectivity index (χ2v) is 7.22. The summed E-state index contributed by atoms with van der Waals surface area (Å²) in [5.74, 6) is 0.0314. The predicted octanol–water partition coefficient (Wildman–Crippen LogP) is 1.71. The van der Waals surface area contributed by atoms with Gasteiger partial charge in [0.25, 0.3) is 5.91 Å². The number of piperidine rings is 1. The Bertz CT molecular complexity index is 657. The minimum Gasteiger partial charge on any atom is -0.345 e. The Labute approximate surface area is 155 Å². The van der Waals surface area contributed by atoms with Gasteiger partial charge in [-0.25, -0.2) is 0 Å². The van der Waals surface area contributed by atoms with E-state index >= 15 is 0 Å². The Morgan fingerprint density at radius 3 is 2.69 bits per heavy atom. The van der Waals surface area contributed by atoms with Crippen LogP contribution in [0.5, 0.6) is 0 Å². The van der Waals surface area contributed by atoms with Crippen LogP contribution in [0.25, 0.3) is 0 Å². The first-order chi connectivity index (χ1) is 12.4. The molecule has 2 amide bonds. The van der Waals surface area contributed by atoms with Crippen molar-refractivity contribution in [2.75, 3.05) is 26.2 Å². The minimum atomic E-state index is -0.244. The molecule has 1 unspecified atom stereocenters. The highest BCUT2D eigenvalue weighted by Crippen LogP contribution is 2.27. The molecule has 1 heterocycles. The van der Waals surface area contributed by atoms with Crippen LogP contribution in [0.3, 0.4) is 0 Å². The first-order valence-corrected chi connectivity index (χ1v) is 9.25. The number of rotatable bonds is 7. The van der Waals surface area contributed by atoms with Crippen molar-refractivity contribution >= 4 is 17.6 Å². The molecule has 2 rings (SSSR count). The average molecular weight is 359 g/mol. The third kappa shape index (κ3) is 5.95. The number of ketones is 1. The SMILES string of the molecule is CC(=O)CNC(=O)c1cccc(C2CCCN(C(=O)CNC(C)C)C2)c1. The van der Waals surface area contributed by atoms with Crippen LogP contribution in [0.2, 0.25) is 0 Å². The number of amides is 2. The van der Waals surface area contributed by atoms with Crippen molar-refractivity contribution in [3.05, 3.63) is 35.4 Å². The van der Waals surface area contributed by atoms with E-state index in [1.54, 1.807) is 6.07 Å². The third-order valence-electron chi connectivity index (χ3n) is 4.55. The van der Waals surface area contributed by atoms with Crippen molar-refractivity contribution in [3.63, 3.8) is 0 Å². The molecule has 1 aliphatic heterocycles. The fourth-order valence-electron chi connectivity index (χ4n) is 3.12. The number of nitrogens with one attached hydrogen (secondary N) is 2. The summed E-state index contributed by atoms with van der Waals surface area (Å²) in [6.07, 6.45) is 1.96. The van der Waals surface area contributed by atoms with Crippen molar-refractivity contribution in [3.8, 4) is 0 Å². The van der Waals surface area contributed by atoms with Crippen LogP contribution in [0, 0.1) is 0 Å². The Balaban J connectivity index is 2.01. The molecule has 2 N–H and O–H groups in total. The zero-order chi connectivity index (χ0) is 19.1. The van der Waals surface area contributed by atoms with E-state index in [9.17, 15) is 14.4 Å². The van der Waals surface area contributed by atoms with E-state index in [0.717, 1.165) is 24.9 Å². The third-order valence-corrected chi connectivity index (χ3v) is 4.55. The summed E-state index contributed by atoms with van der Waals surface area (Å²) in [5, 5.41) is 5.79. The van der Waals surface area contributed by atoms with E-state index in [4.69, 9.17) is 0 Å². The maximum absolute atomic E-state index is 12.4. The van der Waals surface area contributed by atoms with Crippen molar-refractivity contribution in [1.29, 1.82) is 0 Å². The average Bonchev–Trinajstić information content (AvgIpc) is 2.64. The first-order valence-electron chi connectivity index (χ1n) is 9.25. The van der Waals surface area contributed by atoms with Gasteiger partial charge in [-0.3, -0.25) is 14.4 Å². The van der Waals surface area contributed by atoms with Crippen LogP contribution < -0.4 is 10.6 Å². The zero-order valence-electron chi connectivity index (χ0n) is 15.9. The van der Waals surface area contributed by atoms with E-state index in [2.05, 4.69) is 10.6 Å². The largest absolute Gasteiger partial charge is 0.345 e. The van der Waals surface area contributed by atoms with Gasteiger partial charge in [-0.15, -0.1) is 0 Å². The van der Waals surface area contributed by atoms with Gasteiger partial charge in [-0.2, -0.15) is 0 Å². The summed E-state index contributed by atoms with van der Waals surface area (Å²) in [4.78, 5) is 37.5. The summed E-state index contributed by atoms with van der Waals surface area (Å²) in [7, 11) is 0. The van der Waals surface area contributed by atoms with Crippen molar-refractivity contribution in [2.45, 2.75) is 45.6 Å². The Hall–Kier alpha value is -2.21. The summed E-state index contributed by atoms with van der Waals surface area (Å²) < 4.78 is 0. The number of hydrogen-bond donors (Lipinski definition) is 2. The van der Waals surface area contributed by atoms with Gasteiger partial charge in [-0.1, -0.05) is 26.0 Å². The van der Waals surface area contributed by atoms with Crippen molar-refractivity contribution < 1.29 is 14.4 Å².